The molecule has 3 aromatic carbocycles. The van der Waals surface area contributed by atoms with Crippen LogP contribution < -0.4 is 5.32 Å². The fourth-order valence-corrected chi connectivity index (χ4v) is 3.31. The molecular weight excluding hydrogens is 427 g/mol. The summed E-state index contributed by atoms with van der Waals surface area (Å²) < 4.78 is 42.0. The van der Waals surface area contributed by atoms with Crippen molar-refractivity contribution in [2.24, 2.45) is 0 Å². The molecule has 0 spiro atoms. The number of ketones is 1. The average molecular weight is 448 g/mol. The number of aryl methyl sites for hydroxylation is 1. The third-order valence-corrected chi connectivity index (χ3v) is 5.00. The van der Waals surface area contributed by atoms with Gasteiger partial charge in [-0.05, 0) is 36.8 Å². The molecule has 0 aliphatic carbocycles. The van der Waals surface area contributed by atoms with E-state index < -0.39 is 19.2 Å². The fraction of sp³-hybridized carbons (Fsp3) is 0.208. The number of hydrogen-bond acceptors (Lipinski definition) is 3. The van der Waals surface area contributed by atoms with Crippen LogP contribution in [0.3, 0.4) is 0 Å². The van der Waals surface area contributed by atoms with Gasteiger partial charge in [-0.2, -0.15) is 13.2 Å². The van der Waals surface area contributed by atoms with Crippen LogP contribution in [0.4, 0.5) is 24.5 Å². The predicted molar refractivity (Wildman–Crippen MR) is 116 cm³/mol. The van der Waals surface area contributed by atoms with Gasteiger partial charge in [-0.15, -0.1) is 0 Å². The molecule has 3 nitrogen and oxygen atoms in total. The van der Waals surface area contributed by atoms with Crippen molar-refractivity contribution < 1.29 is 22.7 Å². The van der Waals surface area contributed by atoms with Gasteiger partial charge in [0.2, 0.25) is 0 Å². The zero-order valence-electron chi connectivity index (χ0n) is 16.8. The Balaban J connectivity index is 1.72. The van der Waals surface area contributed by atoms with Gasteiger partial charge in [0.05, 0.1) is 24.7 Å². The molecule has 0 aromatic heterocycles. The third-order valence-electron chi connectivity index (χ3n) is 4.69. The second-order valence-corrected chi connectivity index (χ2v) is 7.45. The van der Waals surface area contributed by atoms with Crippen molar-refractivity contribution in [2.75, 3.05) is 11.9 Å². The summed E-state index contributed by atoms with van der Waals surface area (Å²) in [4.78, 5) is 12.8. The summed E-state index contributed by atoms with van der Waals surface area (Å²) >= 11 is 6.39. The zero-order chi connectivity index (χ0) is 22.4. The smallest absolute Gasteiger partial charge is 0.376 e. The minimum absolute atomic E-state index is 0.0385. The van der Waals surface area contributed by atoms with Crippen LogP contribution in [-0.2, 0) is 11.3 Å². The van der Waals surface area contributed by atoms with Crippen molar-refractivity contribution in [3.05, 3.63) is 94.0 Å². The molecule has 31 heavy (non-hydrogen) atoms. The topological polar surface area (TPSA) is 38.3 Å². The normalized spacial score (nSPS) is 11.4. The van der Waals surface area contributed by atoms with Crippen LogP contribution in [0.2, 0.25) is 5.02 Å². The number of carbonyl (C=O) groups excluding carboxylic acids is 1. The summed E-state index contributed by atoms with van der Waals surface area (Å²) in [7, 11) is 0. The van der Waals surface area contributed by atoms with Gasteiger partial charge in [-0.1, -0.05) is 54.1 Å². The molecule has 0 fully saturated rings. The first-order chi connectivity index (χ1) is 14.7. The summed E-state index contributed by atoms with van der Waals surface area (Å²) in [6.45, 7) is 1.50. The number of ether oxygens (including phenoxy) is 1. The largest absolute Gasteiger partial charge is 0.391 e. The molecule has 0 saturated heterocycles. The van der Waals surface area contributed by atoms with E-state index in [1.165, 1.54) is 0 Å². The number of benzene rings is 3. The lowest BCUT2D eigenvalue weighted by Crippen LogP contribution is -2.11. The van der Waals surface area contributed by atoms with Crippen molar-refractivity contribution in [3.8, 4) is 0 Å². The molecule has 3 aromatic rings. The lowest BCUT2D eigenvalue weighted by molar-refractivity contribution is -0.146. The Morgan fingerprint density at radius 1 is 1.00 bits per heavy atom. The molecule has 162 valence electrons. The van der Waals surface area contributed by atoms with Crippen molar-refractivity contribution in [1.82, 2.24) is 0 Å². The third kappa shape index (κ3) is 6.32. The van der Waals surface area contributed by atoms with Gasteiger partial charge >= 0.3 is 6.18 Å². The van der Waals surface area contributed by atoms with Crippen molar-refractivity contribution in [3.63, 3.8) is 0 Å². The molecule has 3 rings (SSSR count). The van der Waals surface area contributed by atoms with Crippen LogP contribution in [0.25, 0.3) is 0 Å². The molecule has 0 heterocycles. The molecule has 1 N–H and O–H groups in total. The Morgan fingerprint density at radius 3 is 2.42 bits per heavy atom. The second kappa shape index (κ2) is 9.98. The molecule has 0 aliphatic heterocycles. The Bertz CT molecular complexity index is 1070. The van der Waals surface area contributed by atoms with Crippen LogP contribution in [0, 0.1) is 6.92 Å². The van der Waals surface area contributed by atoms with E-state index in [0.717, 1.165) is 5.56 Å². The SMILES string of the molecule is Cc1ccccc1C(=O)c1ccc(Nc2ccccc2COCCC(F)(F)F)cc1Cl. The maximum absolute atomic E-state index is 12.8. The van der Waals surface area contributed by atoms with E-state index in [2.05, 4.69) is 5.32 Å². The van der Waals surface area contributed by atoms with E-state index in [-0.39, 0.29) is 12.4 Å². The number of anilines is 2. The molecule has 0 atom stereocenters. The first-order valence-electron chi connectivity index (χ1n) is 9.64. The molecule has 0 unspecified atom stereocenters. The summed E-state index contributed by atoms with van der Waals surface area (Å²) in [6.07, 6.45) is -5.24. The van der Waals surface area contributed by atoms with Crippen molar-refractivity contribution in [2.45, 2.75) is 26.1 Å². The van der Waals surface area contributed by atoms with Crippen molar-refractivity contribution >= 4 is 28.8 Å². The first kappa shape index (κ1) is 22.8. The Hall–Kier alpha value is -2.83. The van der Waals surface area contributed by atoms with Gasteiger partial charge in [0.25, 0.3) is 0 Å². The Morgan fingerprint density at radius 2 is 1.71 bits per heavy atom. The molecule has 0 aliphatic rings. The first-order valence-corrected chi connectivity index (χ1v) is 10.0. The molecule has 0 radical (unpaired) electrons. The number of para-hydroxylation sites is 1. The number of carbonyl (C=O) groups is 1. The van der Waals surface area contributed by atoms with E-state index >= 15 is 0 Å². The van der Waals surface area contributed by atoms with Crippen LogP contribution in [0.5, 0.6) is 0 Å². The van der Waals surface area contributed by atoms with Gasteiger partial charge < -0.3 is 10.1 Å². The van der Waals surface area contributed by atoms with Gasteiger partial charge in [-0.3, -0.25) is 4.79 Å². The predicted octanol–water partition coefficient (Wildman–Crippen LogP) is 7.09. The molecule has 0 saturated carbocycles. The average Bonchev–Trinajstić information content (AvgIpc) is 2.72. The highest BCUT2D eigenvalue weighted by Crippen LogP contribution is 2.28. The second-order valence-electron chi connectivity index (χ2n) is 7.04. The monoisotopic (exact) mass is 447 g/mol. The minimum atomic E-state index is -4.24. The number of hydrogen-bond donors (Lipinski definition) is 1. The van der Waals surface area contributed by atoms with E-state index in [1.54, 1.807) is 54.6 Å². The van der Waals surface area contributed by atoms with E-state index in [9.17, 15) is 18.0 Å². The van der Waals surface area contributed by atoms with Crippen LogP contribution >= 0.6 is 11.6 Å². The molecule has 0 amide bonds. The zero-order valence-corrected chi connectivity index (χ0v) is 17.6. The number of nitrogens with one attached hydrogen (secondary N) is 1. The fourth-order valence-electron chi connectivity index (χ4n) is 3.04. The van der Waals surface area contributed by atoms with Gasteiger partial charge in [-0.25, -0.2) is 0 Å². The molecular formula is C24H21ClF3NO2. The van der Waals surface area contributed by atoms with Gasteiger partial charge in [0.1, 0.15) is 0 Å². The van der Waals surface area contributed by atoms with E-state index in [0.29, 0.717) is 33.1 Å². The lowest BCUT2D eigenvalue weighted by atomic mass is 9.99. The van der Waals surface area contributed by atoms with Gasteiger partial charge in [0, 0.05) is 28.1 Å². The van der Waals surface area contributed by atoms with E-state index in [1.807, 2.05) is 19.1 Å². The number of rotatable bonds is 8. The van der Waals surface area contributed by atoms with Gasteiger partial charge in [0.15, 0.2) is 5.78 Å². The minimum Gasteiger partial charge on any atom is -0.376 e. The standard InChI is InChI=1S/C24H21ClF3NO2/c1-16-6-2-4-8-19(16)23(30)20-11-10-18(14-21(20)25)29-22-9-5-3-7-17(22)15-31-13-12-24(26,27)28/h2-11,14,29H,12-13,15H2,1H3. The summed E-state index contributed by atoms with van der Waals surface area (Å²) in [5.74, 6) is -0.159. The maximum atomic E-state index is 12.8. The van der Waals surface area contributed by atoms with Crippen LogP contribution in [0.1, 0.15) is 33.5 Å². The van der Waals surface area contributed by atoms with Crippen LogP contribution in [0.15, 0.2) is 66.7 Å². The lowest BCUT2D eigenvalue weighted by Gasteiger charge is -2.14. The van der Waals surface area contributed by atoms with E-state index in [4.69, 9.17) is 16.3 Å². The van der Waals surface area contributed by atoms with Crippen LogP contribution in [-0.4, -0.2) is 18.6 Å². The Labute approximate surface area is 183 Å². The quantitative estimate of drug-likeness (QED) is 0.296. The highest BCUT2D eigenvalue weighted by molar-refractivity contribution is 6.35. The summed E-state index contributed by atoms with van der Waals surface area (Å²) in [6, 6.07) is 19.5. The highest BCUT2D eigenvalue weighted by atomic mass is 35.5. The summed E-state index contributed by atoms with van der Waals surface area (Å²) in [5, 5.41) is 3.49. The number of halogens is 4. The molecule has 0 bridgehead atoms. The Kier molecular flexibility index (Phi) is 7.36. The summed E-state index contributed by atoms with van der Waals surface area (Å²) in [5.41, 5.74) is 3.89. The van der Waals surface area contributed by atoms with Crippen molar-refractivity contribution in [1.29, 1.82) is 0 Å². The highest BCUT2D eigenvalue weighted by Gasteiger charge is 2.26. The number of alkyl halides is 3. The maximum Gasteiger partial charge on any atom is 0.391 e. The molecule has 7 heteroatoms.